The summed E-state index contributed by atoms with van der Waals surface area (Å²) in [6.45, 7) is 1.54. The van der Waals surface area contributed by atoms with Gasteiger partial charge in [0.2, 0.25) is 0 Å². The van der Waals surface area contributed by atoms with E-state index in [1.165, 1.54) is 6.92 Å². The molecular weight excluding hydrogens is 216 g/mol. The molecular formula is C10H9ClN2O2. The van der Waals surface area contributed by atoms with Crippen LogP contribution in [-0.2, 0) is 0 Å². The number of aliphatic hydroxyl groups excluding tert-OH is 1. The van der Waals surface area contributed by atoms with E-state index < -0.39 is 6.10 Å². The zero-order chi connectivity index (χ0) is 11.0. The van der Waals surface area contributed by atoms with Gasteiger partial charge in [-0.15, -0.1) is 0 Å². The quantitative estimate of drug-likeness (QED) is 0.774. The molecule has 0 aliphatic carbocycles. The zero-order valence-corrected chi connectivity index (χ0v) is 8.75. The third-order valence-corrected chi connectivity index (χ3v) is 2.32. The van der Waals surface area contributed by atoms with Gasteiger partial charge in [0, 0.05) is 5.02 Å². The first-order valence-electron chi connectivity index (χ1n) is 4.45. The predicted octanol–water partition coefficient (Wildman–Crippen LogP) is 1.63. The number of nitrogens with zero attached hydrogens (tertiary/aromatic N) is 1. The molecule has 0 aliphatic rings. The average molecular weight is 225 g/mol. The van der Waals surface area contributed by atoms with Crippen molar-refractivity contribution in [1.29, 1.82) is 0 Å². The van der Waals surface area contributed by atoms with Crippen LogP contribution in [0.3, 0.4) is 0 Å². The number of rotatable bonds is 1. The molecule has 0 saturated carbocycles. The third-order valence-electron chi connectivity index (χ3n) is 2.08. The van der Waals surface area contributed by atoms with Crippen molar-refractivity contribution in [2.75, 3.05) is 0 Å². The Morgan fingerprint density at radius 3 is 2.93 bits per heavy atom. The summed E-state index contributed by atoms with van der Waals surface area (Å²) in [4.78, 5) is 18.2. The van der Waals surface area contributed by atoms with Crippen molar-refractivity contribution in [3.8, 4) is 0 Å². The minimum absolute atomic E-state index is 0.245. The van der Waals surface area contributed by atoms with Crippen LogP contribution < -0.4 is 5.56 Å². The Morgan fingerprint density at radius 2 is 2.27 bits per heavy atom. The number of hydrogen-bond acceptors (Lipinski definition) is 3. The summed E-state index contributed by atoms with van der Waals surface area (Å²) in [5, 5.41) is 10.3. The van der Waals surface area contributed by atoms with Gasteiger partial charge in [-0.2, -0.15) is 0 Å². The largest absolute Gasteiger partial charge is 0.385 e. The molecule has 15 heavy (non-hydrogen) atoms. The van der Waals surface area contributed by atoms with E-state index in [0.29, 0.717) is 15.9 Å². The van der Waals surface area contributed by atoms with Gasteiger partial charge in [-0.25, -0.2) is 4.98 Å². The van der Waals surface area contributed by atoms with Gasteiger partial charge < -0.3 is 10.1 Å². The van der Waals surface area contributed by atoms with E-state index in [0.717, 1.165) is 0 Å². The molecule has 0 unspecified atom stereocenters. The highest BCUT2D eigenvalue weighted by Crippen LogP contribution is 2.15. The van der Waals surface area contributed by atoms with Crippen molar-refractivity contribution >= 4 is 22.5 Å². The molecule has 2 N–H and O–H groups in total. The number of H-pyrrole nitrogens is 1. The van der Waals surface area contributed by atoms with Crippen LogP contribution in [0.25, 0.3) is 10.9 Å². The maximum atomic E-state index is 11.6. The molecule has 0 aliphatic heterocycles. The first-order valence-corrected chi connectivity index (χ1v) is 4.83. The van der Waals surface area contributed by atoms with E-state index in [1.54, 1.807) is 18.2 Å². The lowest BCUT2D eigenvalue weighted by atomic mass is 10.2. The number of nitrogens with one attached hydrogen (secondary N) is 1. The molecule has 0 bridgehead atoms. The molecule has 2 aromatic rings. The van der Waals surface area contributed by atoms with Crippen LogP contribution in [0.15, 0.2) is 23.0 Å². The van der Waals surface area contributed by atoms with Crippen LogP contribution in [0.4, 0.5) is 0 Å². The van der Waals surface area contributed by atoms with Crippen LogP contribution >= 0.6 is 11.6 Å². The highest BCUT2D eigenvalue weighted by Gasteiger charge is 2.07. The Labute approximate surface area is 90.5 Å². The fourth-order valence-electron chi connectivity index (χ4n) is 1.33. The van der Waals surface area contributed by atoms with E-state index in [1.807, 2.05) is 0 Å². The monoisotopic (exact) mass is 224 g/mol. The van der Waals surface area contributed by atoms with E-state index >= 15 is 0 Å². The van der Waals surface area contributed by atoms with Gasteiger partial charge in [-0.05, 0) is 25.1 Å². The summed E-state index contributed by atoms with van der Waals surface area (Å²) in [6, 6.07) is 4.83. The number of fused-ring (bicyclic) bond motifs is 1. The van der Waals surface area contributed by atoms with Gasteiger partial charge in [0.25, 0.3) is 5.56 Å². The van der Waals surface area contributed by atoms with Crippen molar-refractivity contribution in [3.63, 3.8) is 0 Å². The van der Waals surface area contributed by atoms with E-state index in [-0.39, 0.29) is 11.4 Å². The molecule has 2 rings (SSSR count). The molecule has 0 spiro atoms. The van der Waals surface area contributed by atoms with E-state index in [9.17, 15) is 9.90 Å². The second-order valence-corrected chi connectivity index (χ2v) is 3.73. The highest BCUT2D eigenvalue weighted by molar-refractivity contribution is 6.31. The summed E-state index contributed by atoms with van der Waals surface area (Å²) in [6.07, 6.45) is -0.805. The molecule has 0 radical (unpaired) electrons. The SMILES string of the molecule is C[C@@H](O)c1nc2cc(Cl)ccc2c(=O)[nH]1. The fraction of sp³-hybridized carbons (Fsp3) is 0.200. The van der Waals surface area contributed by atoms with Crippen molar-refractivity contribution in [2.45, 2.75) is 13.0 Å². The Hall–Kier alpha value is -1.39. The highest BCUT2D eigenvalue weighted by atomic mass is 35.5. The molecule has 0 fully saturated rings. The minimum Gasteiger partial charge on any atom is -0.385 e. The number of hydrogen-bond donors (Lipinski definition) is 2. The Bertz CT molecular complexity index is 563. The molecule has 1 heterocycles. The first kappa shape index (κ1) is 10.1. The van der Waals surface area contributed by atoms with Crippen LogP contribution in [0, 0.1) is 0 Å². The smallest absolute Gasteiger partial charge is 0.258 e. The predicted molar refractivity (Wildman–Crippen MR) is 58.0 cm³/mol. The van der Waals surface area contributed by atoms with Crippen molar-refractivity contribution in [2.24, 2.45) is 0 Å². The molecule has 1 aromatic heterocycles. The fourth-order valence-corrected chi connectivity index (χ4v) is 1.49. The van der Waals surface area contributed by atoms with E-state index in [4.69, 9.17) is 11.6 Å². The summed E-state index contributed by atoms with van der Waals surface area (Å²) in [5.74, 6) is 0.245. The zero-order valence-electron chi connectivity index (χ0n) is 7.99. The normalized spacial score (nSPS) is 13.0. The van der Waals surface area contributed by atoms with Crippen LogP contribution in [0.1, 0.15) is 18.9 Å². The Kier molecular flexibility index (Phi) is 2.46. The first-order chi connectivity index (χ1) is 7.08. The average Bonchev–Trinajstić information content (AvgIpc) is 2.16. The molecule has 1 aromatic carbocycles. The van der Waals surface area contributed by atoms with Gasteiger partial charge in [-0.3, -0.25) is 4.79 Å². The summed E-state index contributed by atoms with van der Waals surface area (Å²) >= 11 is 5.79. The maximum absolute atomic E-state index is 11.6. The molecule has 1 atom stereocenters. The topological polar surface area (TPSA) is 66.0 Å². The lowest BCUT2D eigenvalue weighted by Gasteiger charge is -2.04. The molecule has 0 amide bonds. The molecule has 78 valence electrons. The lowest BCUT2D eigenvalue weighted by Crippen LogP contribution is -2.13. The van der Waals surface area contributed by atoms with Gasteiger partial charge in [-0.1, -0.05) is 11.6 Å². The van der Waals surface area contributed by atoms with Crippen molar-refractivity contribution in [3.05, 3.63) is 39.4 Å². The van der Waals surface area contributed by atoms with Gasteiger partial charge in [0.15, 0.2) is 0 Å². The van der Waals surface area contributed by atoms with Gasteiger partial charge in [0.1, 0.15) is 11.9 Å². The molecule has 4 nitrogen and oxygen atoms in total. The minimum atomic E-state index is -0.805. The summed E-state index contributed by atoms with van der Waals surface area (Å²) in [7, 11) is 0. The number of aromatic nitrogens is 2. The molecule has 0 saturated heterocycles. The molecule has 5 heteroatoms. The number of halogens is 1. The summed E-state index contributed by atoms with van der Waals surface area (Å²) < 4.78 is 0. The van der Waals surface area contributed by atoms with Gasteiger partial charge in [0.05, 0.1) is 10.9 Å². The lowest BCUT2D eigenvalue weighted by molar-refractivity contribution is 0.189. The van der Waals surface area contributed by atoms with Gasteiger partial charge >= 0.3 is 0 Å². The summed E-state index contributed by atoms with van der Waals surface area (Å²) in [5.41, 5.74) is 0.217. The Morgan fingerprint density at radius 1 is 1.53 bits per heavy atom. The van der Waals surface area contributed by atoms with Crippen molar-refractivity contribution < 1.29 is 5.11 Å². The standard InChI is InChI=1S/C10H9ClN2O2/c1-5(14)9-12-8-4-6(11)2-3-7(8)10(15)13-9/h2-5,14H,1H3,(H,12,13,15)/t5-/m1/s1. The number of benzene rings is 1. The van der Waals surface area contributed by atoms with Crippen LogP contribution in [-0.4, -0.2) is 15.1 Å². The van der Waals surface area contributed by atoms with Crippen LogP contribution in [0.2, 0.25) is 5.02 Å². The van der Waals surface area contributed by atoms with E-state index in [2.05, 4.69) is 9.97 Å². The second-order valence-electron chi connectivity index (χ2n) is 3.29. The second kappa shape index (κ2) is 3.64. The maximum Gasteiger partial charge on any atom is 0.258 e. The Balaban J connectivity index is 2.80. The third kappa shape index (κ3) is 1.86. The van der Waals surface area contributed by atoms with Crippen molar-refractivity contribution in [1.82, 2.24) is 9.97 Å². The number of aromatic amines is 1. The number of aliphatic hydroxyl groups is 1. The van der Waals surface area contributed by atoms with Crippen LogP contribution in [0.5, 0.6) is 0 Å².